The van der Waals surface area contributed by atoms with Crippen LogP contribution in [0.4, 0.5) is 4.79 Å². The van der Waals surface area contributed by atoms with Crippen LogP contribution in [0.25, 0.3) is 0 Å². The van der Waals surface area contributed by atoms with Crippen LogP contribution >= 0.6 is 0 Å². The van der Waals surface area contributed by atoms with Gasteiger partial charge in [0, 0.05) is 12.6 Å². The summed E-state index contributed by atoms with van der Waals surface area (Å²) in [5, 5.41) is 5.28. The first-order chi connectivity index (χ1) is 4.70. The molecule has 3 nitrogen and oxygen atoms in total. The van der Waals surface area contributed by atoms with E-state index in [4.69, 9.17) is 0 Å². The van der Waals surface area contributed by atoms with Crippen LogP contribution in [0.2, 0.25) is 0 Å². The monoisotopic (exact) mass is 142 g/mol. The summed E-state index contributed by atoms with van der Waals surface area (Å²) in [6.07, 6.45) is 1.68. The third-order valence-electron chi connectivity index (χ3n) is 1.05. The molecule has 2 amide bonds. The Hall–Kier alpha value is -0.990. The van der Waals surface area contributed by atoms with Crippen molar-refractivity contribution in [3.8, 4) is 0 Å². The fourth-order valence-corrected chi connectivity index (χ4v) is 0.477. The quantitative estimate of drug-likeness (QED) is 0.564. The van der Waals surface area contributed by atoms with E-state index in [0.29, 0.717) is 6.54 Å². The van der Waals surface area contributed by atoms with Gasteiger partial charge in [-0.2, -0.15) is 0 Å². The summed E-state index contributed by atoms with van der Waals surface area (Å²) in [5.41, 5.74) is 0. The first-order valence-electron chi connectivity index (χ1n) is 3.37. The van der Waals surface area contributed by atoms with E-state index in [9.17, 15) is 4.79 Å². The van der Waals surface area contributed by atoms with Crippen molar-refractivity contribution in [2.45, 2.75) is 19.9 Å². The van der Waals surface area contributed by atoms with Gasteiger partial charge in [0.25, 0.3) is 0 Å². The molecule has 10 heavy (non-hydrogen) atoms. The largest absolute Gasteiger partial charge is 0.338 e. The average molecular weight is 142 g/mol. The molecule has 2 N–H and O–H groups in total. The molecule has 0 aromatic carbocycles. The lowest BCUT2D eigenvalue weighted by Gasteiger charge is -2.08. The first kappa shape index (κ1) is 9.01. The SMILES string of the molecule is C=CC(C)NC(=O)NCC. The summed E-state index contributed by atoms with van der Waals surface area (Å²) in [7, 11) is 0. The molecule has 1 unspecified atom stereocenters. The fourth-order valence-electron chi connectivity index (χ4n) is 0.477. The number of amides is 2. The molecule has 0 aliphatic carbocycles. The lowest BCUT2D eigenvalue weighted by Crippen LogP contribution is -2.39. The van der Waals surface area contributed by atoms with Gasteiger partial charge in [-0.1, -0.05) is 6.08 Å². The Morgan fingerprint density at radius 3 is 2.80 bits per heavy atom. The Morgan fingerprint density at radius 2 is 2.40 bits per heavy atom. The second-order valence-electron chi connectivity index (χ2n) is 2.03. The normalized spacial score (nSPS) is 11.8. The molecule has 0 aromatic heterocycles. The zero-order chi connectivity index (χ0) is 7.98. The van der Waals surface area contributed by atoms with Crippen molar-refractivity contribution in [1.29, 1.82) is 0 Å². The van der Waals surface area contributed by atoms with E-state index >= 15 is 0 Å². The Bertz CT molecular complexity index is 123. The van der Waals surface area contributed by atoms with Crippen LogP contribution in [-0.2, 0) is 0 Å². The van der Waals surface area contributed by atoms with E-state index in [0.717, 1.165) is 0 Å². The van der Waals surface area contributed by atoms with Crippen LogP contribution in [-0.4, -0.2) is 18.6 Å². The summed E-state index contributed by atoms with van der Waals surface area (Å²) in [6, 6.07) is -0.110. The molecule has 0 saturated heterocycles. The minimum absolute atomic E-state index is 0.0338. The molecule has 1 atom stereocenters. The van der Waals surface area contributed by atoms with Crippen LogP contribution in [0, 0.1) is 0 Å². The number of carbonyl (C=O) groups is 1. The molecular formula is C7H14N2O. The summed E-state index contributed by atoms with van der Waals surface area (Å²) in [6.45, 7) is 7.92. The van der Waals surface area contributed by atoms with E-state index in [1.165, 1.54) is 0 Å². The summed E-state index contributed by atoms with van der Waals surface area (Å²) < 4.78 is 0. The Labute approximate surface area is 61.5 Å². The van der Waals surface area contributed by atoms with Gasteiger partial charge in [0.15, 0.2) is 0 Å². The highest BCUT2D eigenvalue weighted by Gasteiger charge is 1.99. The van der Waals surface area contributed by atoms with Gasteiger partial charge >= 0.3 is 6.03 Å². The molecule has 0 aliphatic rings. The Kier molecular flexibility index (Phi) is 4.37. The molecule has 0 saturated carbocycles. The zero-order valence-electron chi connectivity index (χ0n) is 6.48. The van der Waals surface area contributed by atoms with Gasteiger partial charge in [-0.3, -0.25) is 0 Å². The van der Waals surface area contributed by atoms with Crippen molar-refractivity contribution in [2.24, 2.45) is 0 Å². The summed E-state index contributed by atoms with van der Waals surface area (Å²) in [5.74, 6) is 0. The highest BCUT2D eigenvalue weighted by molar-refractivity contribution is 5.74. The molecular weight excluding hydrogens is 128 g/mol. The van der Waals surface area contributed by atoms with Crippen molar-refractivity contribution in [3.05, 3.63) is 12.7 Å². The maximum absolute atomic E-state index is 10.7. The standard InChI is InChI=1S/C7H14N2O/c1-4-6(3)9-7(10)8-5-2/h4,6H,1,5H2,2-3H3,(H2,8,9,10). The predicted octanol–water partition coefficient (Wildman–Crippen LogP) is 0.880. The average Bonchev–Trinajstić information content (AvgIpc) is 1.88. The van der Waals surface area contributed by atoms with Crippen LogP contribution in [0.1, 0.15) is 13.8 Å². The first-order valence-corrected chi connectivity index (χ1v) is 3.37. The second kappa shape index (κ2) is 4.85. The van der Waals surface area contributed by atoms with Crippen molar-refractivity contribution in [2.75, 3.05) is 6.54 Å². The van der Waals surface area contributed by atoms with Gasteiger partial charge in [-0.15, -0.1) is 6.58 Å². The van der Waals surface area contributed by atoms with Crippen molar-refractivity contribution in [3.63, 3.8) is 0 Å². The maximum Gasteiger partial charge on any atom is 0.315 e. The molecule has 58 valence electrons. The molecule has 0 heterocycles. The molecule has 0 radical (unpaired) electrons. The molecule has 0 fully saturated rings. The van der Waals surface area contributed by atoms with Crippen molar-refractivity contribution >= 4 is 6.03 Å². The zero-order valence-corrected chi connectivity index (χ0v) is 6.48. The summed E-state index contributed by atoms with van der Waals surface area (Å²) >= 11 is 0. The minimum Gasteiger partial charge on any atom is -0.338 e. The summed E-state index contributed by atoms with van der Waals surface area (Å²) in [4.78, 5) is 10.7. The van der Waals surface area contributed by atoms with Crippen LogP contribution in [0.5, 0.6) is 0 Å². The van der Waals surface area contributed by atoms with Crippen LogP contribution in [0.15, 0.2) is 12.7 Å². The van der Waals surface area contributed by atoms with Crippen LogP contribution in [0.3, 0.4) is 0 Å². The number of hydrogen-bond acceptors (Lipinski definition) is 1. The van der Waals surface area contributed by atoms with E-state index in [-0.39, 0.29) is 12.1 Å². The third kappa shape index (κ3) is 3.95. The number of hydrogen-bond donors (Lipinski definition) is 2. The second-order valence-corrected chi connectivity index (χ2v) is 2.03. The van der Waals surface area contributed by atoms with E-state index in [2.05, 4.69) is 17.2 Å². The molecule has 0 aliphatic heterocycles. The van der Waals surface area contributed by atoms with E-state index in [1.54, 1.807) is 6.08 Å². The van der Waals surface area contributed by atoms with E-state index < -0.39 is 0 Å². The van der Waals surface area contributed by atoms with Gasteiger partial charge in [-0.05, 0) is 13.8 Å². The number of rotatable bonds is 3. The van der Waals surface area contributed by atoms with Crippen molar-refractivity contribution in [1.82, 2.24) is 10.6 Å². The highest BCUT2D eigenvalue weighted by Crippen LogP contribution is 1.79. The smallest absolute Gasteiger partial charge is 0.315 e. The molecule has 0 bridgehead atoms. The van der Waals surface area contributed by atoms with Gasteiger partial charge in [-0.25, -0.2) is 4.79 Å². The number of carbonyl (C=O) groups excluding carboxylic acids is 1. The lowest BCUT2D eigenvalue weighted by molar-refractivity contribution is 0.240. The molecule has 3 heteroatoms. The predicted molar refractivity (Wildman–Crippen MR) is 41.9 cm³/mol. The van der Waals surface area contributed by atoms with Gasteiger partial charge in [0.2, 0.25) is 0 Å². The third-order valence-corrected chi connectivity index (χ3v) is 1.05. The topological polar surface area (TPSA) is 41.1 Å². The molecule has 0 aromatic rings. The minimum atomic E-state index is -0.144. The molecule has 0 rings (SSSR count). The Balaban J connectivity index is 3.46. The van der Waals surface area contributed by atoms with Gasteiger partial charge in [0.05, 0.1) is 0 Å². The van der Waals surface area contributed by atoms with Crippen LogP contribution < -0.4 is 10.6 Å². The lowest BCUT2D eigenvalue weighted by atomic mass is 10.3. The maximum atomic E-state index is 10.7. The van der Waals surface area contributed by atoms with E-state index in [1.807, 2.05) is 13.8 Å². The number of urea groups is 1. The Morgan fingerprint density at radius 1 is 1.80 bits per heavy atom. The highest BCUT2D eigenvalue weighted by atomic mass is 16.2. The van der Waals surface area contributed by atoms with Gasteiger partial charge < -0.3 is 10.6 Å². The van der Waals surface area contributed by atoms with Gasteiger partial charge in [0.1, 0.15) is 0 Å². The fraction of sp³-hybridized carbons (Fsp3) is 0.571. The number of nitrogens with one attached hydrogen (secondary N) is 2. The van der Waals surface area contributed by atoms with Crippen molar-refractivity contribution < 1.29 is 4.79 Å². The molecule has 0 spiro atoms.